The maximum Gasteiger partial charge on any atom is 0.330 e. The highest BCUT2D eigenvalue weighted by atomic mass is 32.1. The third kappa shape index (κ3) is 5.05. The van der Waals surface area contributed by atoms with Crippen molar-refractivity contribution in [2.24, 2.45) is 0 Å². The van der Waals surface area contributed by atoms with E-state index in [2.05, 4.69) is 4.98 Å². The number of hydrogen-bond donors (Lipinski definition) is 2. The minimum Gasteiger partial charge on any atom is -0.383 e. The number of anilines is 2. The Morgan fingerprint density at radius 3 is 2.63 bits per heavy atom. The molecule has 0 bridgehead atoms. The van der Waals surface area contributed by atoms with E-state index >= 15 is 0 Å². The van der Waals surface area contributed by atoms with Gasteiger partial charge in [0.05, 0.1) is 19.7 Å². The molecule has 0 saturated heterocycles. The number of nitrogens with zero attached hydrogens (tertiary/aromatic N) is 2. The van der Waals surface area contributed by atoms with Crippen molar-refractivity contribution in [1.82, 2.24) is 9.55 Å². The van der Waals surface area contributed by atoms with Crippen LogP contribution in [-0.2, 0) is 29.0 Å². The van der Waals surface area contributed by atoms with Crippen LogP contribution in [0.2, 0.25) is 0 Å². The summed E-state index contributed by atoms with van der Waals surface area (Å²) in [6, 6.07) is 11.3. The van der Waals surface area contributed by atoms with Gasteiger partial charge in [-0.05, 0) is 34.4 Å². The fourth-order valence-electron chi connectivity index (χ4n) is 3.12. The highest BCUT2D eigenvalue weighted by Gasteiger charge is 2.24. The number of nitrogen functional groups attached to an aromatic ring is 1. The van der Waals surface area contributed by atoms with Gasteiger partial charge in [0.1, 0.15) is 5.82 Å². The number of aromatic amines is 1. The van der Waals surface area contributed by atoms with E-state index < -0.39 is 11.2 Å². The Labute approximate surface area is 177 Å². The van der Waals surface area contributed by atoms with Crippen molar-refractivity contribution in [3.05, 3.63) is 79.1 Å². The number of nitrogens with one attached hydrogen (secondary N) is 1. The normalized spacial score (nSPS) is 10.8. The summed E-state index contributed by atoms with van der Waals surface area (Å²) in [5, 5.41) is 3.94. The molecule has 30 heavy (non-hydrogen) atoms. The number of amides is 1. The summed E-state index contributed by atoms with van der Waals surface area (Å²) in [6.45, 7) is 0.562. The smallest absolute Gasteiger partial charge is 0.330 e. The van der Waals surface area contributed by atoms with E-state index in [1.54, 1.807) is 11.3 Å². The van der Waals surface area contributed by atoms with Gasteiger partial charge in [0.2, 0.25) is 5.91 Å². The number of nitrogens with two attached hydrogens (primary N) is 1. The van der Waals surface area contributed by atoms with Gasteiger partial charge in [-0.3, -0.25) is 19.1 Å². The summed E-state index contributed by atoms with van der Waals surface area (Å²) in [4.78, 5) is 41.7. The molecule has 0 fully saturated rings. The predicted octanol–water partition coefficient (Wildman–Crippen LogP) is 1.99. The van der Waals surface area contributed by atoms with Crippen LogP contribution < -0.4 is 21.9 Å². The van der Waals surface area contributed by atoms with Gasteiger partial charge in [-0.1, -0.05) is 30.3 Å². The molecule has 3 N–H and O–H groups in total. The van der Waals surface area contributed by atoms with Gasteiger partial charge >= 0.3 is 5.69 Å². The summed E-state index contributed by atoms with van der Waals surface area (Å²) >= 11 is 1.56. The van der Waals surface area contributed by atoms with E-state index in [0.29, 0.717) is 6.42 Å². The van der Waals surface area contributed by atoms with E-state index in [4.69, 9.17) is 10.5 Å². The number of ether oxygens (including phenoxy) is 1. The number of aromatic nitrogens is 2. The SMILES string of the molecule is COCCn1c(N)c(N(Cc2ccccc2)C(=O)CCc2ccsc2)c(=O)[nH]c1=O. The van der Waals surface area contributed by atoms with Crippen LogP contribution in [0.1, 0.15) is 17.5 Å². The van der Waals surface area contributed by atoms with Crippen LogP contribution >= 0.6 is 11.3 Å². The van der Waals surface area contributed by atoms with E-state index in [-0.39, 0.29) is 43.5 Å². The van der Waals surface area contributed by atoms with E-state index in [9.17, 15) is 14.4 Å². The van der Waals surface area contributed by atoms with Crippen LogP contribution in [-0.4, -0.2) is 29.2 Å². The molecule has 1 amide bonds. The third-order valence-electron chi connectivity index (χ3n) is 4.70. The average Bonchev–Trinajstić information content (AvgIpc) is 3.25. The number of methoxy groups -OCH3 is 1. The zero-order valence-electron chi connectivity index (χ0n) is 16.7. The largest absolute Gasteiger partial charge is 0.383 e. The second-order valence-electron chi connectivity index (χ2n) is 6.73. The molecule has 2 aromatic heterocycles. The maximum absolute atomic E-state index is 13.2. The van der Waals surface area contributed by atoms with E-state index in [1.165, 1.54) is 16.6 Å². The van der Waals surface area contributed by atoms with Crippen LogP contribution in [0.3, 0.4) is 0 Å². The number of hydrogen-bond acceptors (Lipinski definition) is 6. The third-order valence-corrected chi connectivity index (χ3v) is 5.43. The second kappa shape index (κ2) is 10.0. The maximum atomic E-state index is 13.2. The first-order valence-electron chi connectivity index (χ1n) is 9.48. The Kier molecular flexibility index (Phi) is 7.21. The van der Waals surface area contributed by atoms with Crippen molar-refractivity contribution in [2.45, 2.75) is 25.9 Å². The standard InChI is InChI=1S/C21H24N4O4S/c1-29-11-10-24-19(22)18(20(27)23-21(24)28)25(13-15-5-3-2-4-6-15)17(26)8-7-16-9-12-30-14-16/h2-6,9,12,14H,7-8,10-11,13,22H2,1H3,(H,23,27,28). The van der Waals surface area contributed by atoms with Gasteiger partial charge in [0, 0.05) is 13.5 Å². The van der Waals surface area contributed by atoms with Crippen molar-refractivity contribution in [2.75, 3.05) is 24.4 Å². The first-order chi connectivity index (χ1) is 14.5. The van der Waals surface area contributed by atoms with Crippen molar-refractivity contribution >= 4 is 28.7 Å². The number of aryl methyl sites for hydroxylation is 1. The molecule has 158 valence electrons. The zero-order valence-corrected chi connectivity index (χ0v) is 17.5. The molecule has 0 saturated carbocycles. The number of benzene rings is 1. The number of carbonyl (C=O) groups is 1. The summed E-state index contributed by atoms with van der Waals surface area (Å²) < 4.78 is 6.24. The molecule has 0 aliphatic heterocycles. The highest BCUT2D eigenvalue weighted by Crippen LogP contribution is 2.21. The molecule has 0 atom stereocenters. The van der Waals surface area contributed by atoms with Crippen LogP contribution in [0.4, 0.5) is 11.5 Å². The van der Waals surface area contributed by atoms with Gasteiger partial charge in [-0.15, -0.1) is 0 Å². The lowest BCUT2D eigenvalue weighted by Gasteiger charge is -2.24. The molecule has 0 aliphatic carbocycles. The quantitative estimate of drug-likeness (QED) is 0.542. The lowest BCUT2D eigenvalue weighted by molar-refractivity contribution is -0.118. The molecule has 2 heterocycles. The van der Waals surface area contributed by atoms with Gasteiger partial charge in [0.25, 0.3) is 5.56 Å². The molecule has 8 nitrogen and oxygen atoms in total. The Morgan fingerprint density at radius 2 is 1.97 bits per heavy atom. The minimum atomic E-state index is -0.689. The molecule has 9 heteroatoms. The minimum absolute atomic E-state index is 0.0233. The van der Waals surface area contributed by atoms with Crippen molar-refractivity contribution in [3.63, 3.8) is 0 Å². The fraction of sp³-hybridized carbons (Fsp3) is 0.286. The molecule has 1 aromatic carbocycles. The second-order valence-corrected chi connectivity index (χ2v) is 7.51. The molecule has 3 aromatic rings. The van der Waals surface area contributed by atoms with E-state index in [0.717, 1.165) is 11.1 Å². The lowest BCUT2D eigenvalue weighted by atomic mass is 10.1. The molecular formula is C21H24N4O4S. The summed E-state index contributed by atoms with van der Waals surface area (Å²) in [6.07, 6.45) is 0.758. The molecule has 0 aliphatic rings. The van der Waals surface area contributed by atoms with Gasteiger partial charge in [-0.25, -0.2) is 4.79 Å². The fourth-order valence-corrected chi connectivity index (χ4v) is 3.82. The molecule has 0 radical (unpaired) electrons. The zero-order chi connectivity index (χ0) is 21.5. The Hall–Kier alpha value is -3.17. The average molecular weight is 429 g/mol. The Balaban J connectivity index is 1.99. The van der Waals surface area contributed by atoms with Crippen LogP contribution in [0, 0.1) is 0 Å². The number of thiophene rings is 1. The summed E-state index contributed by atoms with van der Waals surface area (Å²) in [5.74, 6) is -0.306. The topological polar surface area (TPSA) is 110 Å². The van der Waals surface area contributed by atoms with Gasteiger partial charge in [0.15, 0.2) is 5.69 Å². The molecule has 3 rings (SSSR count). The number of rotatable bonds is 9. The summed E-state index contributed by atoms with van der Waals surface area (Å²) in [5.41, 5.74) is 6.75. The highest BCUT2D eigenvalue weighted by molar-refractivity contribution is 7.07. The lowest BCUT2D eigenvalue weighted by Crippen LogP contribution is -2.41. The number of carbonyl (C=O) groups excluding carboxylic acids is 1. The van der Waals surface area contributed by atoms with Crippen LogP contribution in [0.25, 0.3) is 0 Å². The monoisotopic (exact) mass is 428 g/mol. The molecular weight excluding hydrogens is 404 g/mol. The van der Waals surface area contributed by atoms with Crippen LogP contribution in [0.5, 0.6) is 0 Å². The van der Waals surface area contributed by atoms with E-state index in [1.807, 2.05) is 47.2 Å². The predicted molar refractivity (Wildman–Crippen MR) is 118 cm³/mol. The van der Waals surface area contributed by atoms with Crippen molar-refractivity contribution in [1.29, 1.82) is 0 Å². The Bertz CT molecular complexity index is 1090. The van der Waals surface area contributed by atoms with Gasteiger partial charge < -0.3 is 15.4 Å². The van der Waals surface area contributed by atoms with Crippen molar-refractivity contribution in [3.8, 4) is 0 Å². The van der Waals surface area contributed by atoms with Gasteiger partial charge in [-0.2, -0.15) is 11.3 Å². The summed E-state index contributed by atoms with van der Waals surface area (Å²) in [7, 11) is 1.50. The first kappa shape index (κ1) is 21.5. The number of H-pyrrole nitrogens is 1. The Morgan fingerprint density at radius 1 is 1.20 bits per heavy atom. The molecule has 0 spiro atoms. The first-order valence-corrected chi connectivity index (χ1v) is 10.4. The van der Waals surface area contributed by atoms with Crippen molar-refractivity contribution < 1.29 is 9.53 Å². The molecule has 0 unspecified atom stereocenters. The van der Waals surface area contributed by atoms with Crippen LogP contribution in [0.15, 0.2) is 56.7 Å².